The standard InChI is InChI=1S/C7H10N2OS/c1-5-8-9-7(11-5)10-4-6-2-3-6/h6H,2-4H2,1H3. The quantitative estimate of drug-likeness (QED) is 0.691. The highest BCUT2D eigenvalue weighted by Gasteiger charge is 2.22. The smallest absolute Gasteiger partial charge is 0.294 e. The Labute approximate surface area is 69.4 Å². The van der Waals surface area contributed by atoms with Crippen LogP contribution in [0.15, 0.2) is 0 Å². The van der Waals surface area contributed by atoms with Crippen LogP contribution in [0.4, 0.5) is 0 Å². The predicted molar refractivity (Wildman–Crippen MR) is 42.9 cm³/mol. The van der Waals surface area contributed by atoms with Crippen molar-refractivity contribution in [2.75, 3.05) is 6.61 Å². The van der Waals surface area contributed by atoms with Crippen LogP contribution in [0.5, 0.6) is 5.19 Å². The van der Waals surface area contributed by atoms with Crippen molar-refractivity contribution >= 4 is 11.3 Å². The molecule has 0 radical (unpaired) electrons. The highest BCUT2D eigenvalue weighted by molar-refractivity contribution is 7.12. The lowest BCUT2D eigenvalue weighted by Crippen LogP contribution is -1.97. The maximum Gasteiger partial charge on any atom is 0.294 e. The average molecular weight is 170 g/mol. The van der Waals surface area contributed by atoms with Gasteiger partial charge in [-0.05, 0) is 25.7 Å². The molecular weight excluding hydrogens is 160 g/mol. The molecule has 0 bridgehead atoms. The summed E-state index contributed by atoms with van der Waals surface area (Å²) in [5.41, 5.74) is 0. The minimum Gasteiger partial charge on any atom is -0.469 e. The summed E-state index contributed by atoms with van der Waals surface area (Å²) in [7, 11) is 0. The van der Waals surface area contributed by atoms with Gasteiger partial charge in [0, 0.05) is 0 Å². The van der Waals surface area contributed by atoms with Gasteiger partial charge in [0.2, 0.25) is 0 Å². The van der Waals surface area contributed by atoms with Gasteiger partial charge in [-0.1, -0.05) is 11.3 Å². The van der Waals surface area contributed by atoms with Gasteiger partial charge in [0.05, 0.1) is 6.61 Å². The summed E-state index contributed by atoms with van der Waals surface area (Å²) in [5.74, 6) is 0.791. The Balaban J connectivity index is 1.85. The van der Waals surface area contributed by atoms with Gasteiger partial charge in [-0.3, -0.25) is 0 Å². The van der Waals surface area contributed by atoms with E-state index in [0.29, 0.717) is 0 Å². The van der Waals surface area contributed by atoms with Crippen molar-refractivity contribution in [1.29, 1.82) is 0 Å². The van der Waals surface area contributed by atoms with Gasteiger partial charge < -0.3 is 4.74 Å². The molecule has 2 rings (SSSR count). The minimum atomic E-state index is 0.717. The van der Waals surface area contributed by atoms with Crippen molar-refractivity contribution in [3.05, 3.63) is 5.01 Å². The van der Waals surface area contributed by atoms with Gasteiger partial charge >= 0.3 is 0 Å². The summed E-state index contributed by atoms with van der Waals surface area (Å²) >= 11 is 1.51. The Morgan fingerprint density at radius 1 is 1.55 bits per heavy atom. The second-order valence-electron chi connectivity index (χ2n) is 2.84. The summed E-state index contributed by atoms with van der Waals surface area (Å²) in [6, 6.07) is 0. The fraction of sp³-hybridized carbons (Fsp3) is 0.714. The molecule has 4 heteroatoms. The van der Waals surface area contributed by atoms with Gasteiger partial charge in [-0.25, -0.2) is 0 Å². The van der Waals surface area contributed by atoms with E-state index in [1.807, 2.05) is 6.92 Å². The first kappa shape index (κ1) is 7.03. The summed E-state index contributed by atoms with van der Waals surface area (Å²) in [6.45, 7) is 2.76. The first-order chi connectivity index (χ1) is 5.34. The van der Waals surface area contributed by atoms with Crippen LogP contribution < -0.4 is 4.74 Å². The second kappa shape index (κ2) is 2.77. The Kier molecular flexibility index (Phi) is 1.77. The van der Waals surface area contributed by atoms with Crippen LogP contribution >= 0.6 is 11.3 Å². The summed E-state index contributed by atoms with van der Waals surface area (Å²) in [6.07, 6.45) is 2.63. The molecule has 60 valence electrons. The van der Waals surface area contributed by atoms with E-state index in [9.17, 15) is 0 Å². The van der Waals surface area contributed by atoms with Crippen molar-refractivity contribution in [1.82, 2.24) is 10.2 Å². The lowest BCUT2D eigenvalue weighted by Gasteiger charge is -1.96. The van der Waals surface area contributed by atoms with Gasteiger partial charge in [0.1, 0.15) is 5.01 Å². The zero-order chi connectivity index (χ0) is 7.68. The fourth-order valence-electron chi connectivity index (χ4n) is 0.810. The van der Waals surface area contributed by atoms with E-state index in [2.05, 4.69) is 10.2 Å². The molecule has 1 aromatic rings. The topological polar surface area (TPSA) is 35.0 Å². The number of aryl methyl sites for hydroxylation is 1. The Hall–Kier alpha value is -0.640. The third-order valence-electron chi connectivity index (χ3n) is 1.65. The highest BCUT2D eigenvalue weighted by atomic mass is 32.1. The van der Waals surface area contributed by atoms with E-state index >= 15 is 0 Å². The third kappa shape index (κ3) is 1.89. The molecule has 3 nitrogen and oxygen atoms in total. The molecule has 0 aliphatic heterocycles. The van der Waals surface area contributed by atoms with Gasteiger partial charge in [-0.15, -0.1) is 10.2 Å². The normalized spacial score (nSPS) is 16.8. The van der Waals surface area contributed by atoms with Crippen LogP contribution in [-0.2, 0) is 0 Å². The number of hydrogen-bond donors (Lipinski definition) is 0. The lowest BCUT2D eigenvalue weighted by molar-refractivity contribution is 0.296. The molecule has 0 amide bonds. The molecule has 0 aromatic carbocycles. The number of nitrogens with zero attached hydrogens (tertiary/aromatic N) is 2. The molecular formula is C7H10N2OS. The zero-order valence-electron chi connectivity index (χ0n) is 6.41. The van der Waals surface area contributed by atoms with Gasteiger partial charge in [0.25, 0.3) is 5.19 Å². The van der Waals surface area contributed by atoms with E-state index < -0.39 is 0 Å². The number of rotatable bonds is 3. The maximum atomic E-state index is 5.40. The van der Waals surface area contributed by atoms with Crippen LogP contribution in [-0.4, -0.2) is 16.8 Å². The molecule has 1 saturated carbocycles. The highest BCUT2D eigenvalue weighted by Crippen LogP contribution is 2.30. The van der Waals surface area contributed by atoms with E-state index in [1.165, 1.54) is 24.2 Å². The van der Waals surface area contributed by atoms with Crippen LogP contribution in [0.2, 0.25) is 0 Å². The van der Waals surface area contributed by atoms with Crippen molar-refractivity contribution in [2.24, 2.45) is 5.92 Å². The Morgan fingerprint density at radius 3 is 2.91 bits per heavy atom. The molecule has 0 unspecified atom stereocenters. The van der Waals surface area contributed by atoms with Crippen molar-refractivity contribution in [2.45, 2.75) is 19.8 Å². The first-order valence-corrected chi connectivity index (χ1v) is 4.59. The minimum absolute atomic E-state index is 0.717. The van der Waals surface area contributed by atoms with E-state index in [0.717, 1.165) is 22.7 Å². The van der Waals surface area contributed by atoms with Crippen LogP contribution in [0.25, 0.3) is 0 Å². The van der Waals surface area contributed by atoms with Crippen LogP contribution in [0.1, 0.15) is 17.8 Å². The summed E-state index contributed by atoms with van der Waals surface area (Å²) in [4.78, 5) is 0. The predicted octanol–water partition coefficient (Wildman–Crippen LogP) is 1.64. The monoisotopic (exact) mass is 170 g/mol. The molecule has 1 aliphatic rings. The molecule has 0 saturated heterocycles. The number of ether oxygens (including phenoxy) is 1. The van der Waals surface area contributed by atoms with Crippen LogP contribution in [0, 0.1) is 12.8 Å². The van der Waals surface area contributed by atoms with Crippen molar-refractivity contribution < 1.29 is 4.74 Å². The molecule has 0 N–H and O–H groups in total. The lowest BCUT2D eigenvalue weighted by atomic mass is 10.5. The second-order valence-corrected chi connectivity index (χ2v) is 3.99. The largest absolute Gasteiger partial charge is 0.469 e. The number of aromatic nitrogens is 2. The molecule has 1 fully saturated rings. The Bertz CT molecular complexity index is 244. The Morgan fingerprint density at radius 2 is 2.36 bits per heavy atom. The molecule has 1 aromatic heterocycles. The first-order valence-electron chi connectivity index (χ1n) is 3.77. The van der Waals surface area contributed by atoms with Gasteiger partial charge in [0.15, 0.2) is 0 Å². The van der Waals surface area contributed by atoms with Crippen LogP contribution in [0.3, 0.4) is 0 Å². The maximum absolute atomic E-state index is 5.40. The van der Waals surface area contributed by atoms with Crippen molar-refractivity contribution in [3.63, 3.8) is 0 Å². The molecule has 1 heterocycles. The summed E-state index contributed by atoms with van der Waals surface area (Å²) in [5, 5.41) is 9.41. The average Bonchev–Trinajstić information content (AvgIpc) is 2.72. The van der Waals surface area contributed by atoms with E-state index in [4.69, 9.17) is 4.74 Å². The number of hydrogen-bond acceptors (Lipinski definition) is 4. The molecule has 11 heavy (non-hydrogen) atoms. The SMILES string of the molecule is Cc1nnc(OCC2CC2)s1. The molecule has 0 atom stereocenters. The third-order valence-corrected chi connectivity index (χ3v) is 2.40. The van der Waals surface area contributed by atoms with E-state index in [1.54, 1.807) is 0 Å². The summed E-state index contributed by atoms with van der Waals surface area (Å²) < 4.78 is 5.40. The molecule has 1 aliphatic carbocycles. The van der Waals surface area contributed by atoms with Gasteiger partial charge in [-0.2, -0.15) is 0 Å². The zero-order valence-corrected chi connectivity index (χ0v) is 7.23. The fourth-order valence-corrected chi connectivity index (χ4v) is 1.35. The van der Waals surface area contributed by atoms with E-state index in [-0.39, 0.29) is 0 Å². The molecule has 0 spiro atoms. The van der Waals surface area contributed by atoms with Crippen molar-refractivity contribution in [3.8, 4) is 5.19 Å².